The molecule has 3 nitrogen and oxygen atoms in total. The van der Waals surface area contributed by atoms with Gasteiger partial charge < -0.3 is 10.1 Å². The molecule has 20 heavy (non-hydrogen) atoms. The Kier molecular flexibility index (Phi) is 4.68. The van der Waals surface area contributed by atoms with Crippen molar-refractivity contribution >= 4 is 27.5 Å². The van der Waals surface area contributed by atoms with E-state index in [1.54, 1.807) is 18.2 Å². The van der Waals surface area contributed by atoms with E-state index in [2.05, 4.69) is 21.2 Å². The first kappa shape index (κ1) is 14.5. The van der Waals surface area contributed by atoms with Gasteiger partial charge in [-0.3, -0.25) is 4.79 Å². The predicted molar refractivity (Wildman–Crippen MR) is 74.6 cm³/mol. The van der Waals surface area contributed by atoms with Gasteiger partial charge in [0, 0.05) is 10.5 Å². The van der Waals surface area contributed by atoms with Crippen LogP contribution in [-0.2, 0) is 4.79 Å². The molecular formula is C14H10BrF2NO2. The van der Waals surface area contributed by atoms with Crippen LogP contribution in [0.3, 0.4) is 0 Å². The lowest BCUT2D eigenvalue weighted by atomic mass is 10.3. The molecule has 0 heterocycles. The van der Waals surface area contributed by atoms with Crippen LogP contribution in [-0.4, -0.2) is 12.5 Å². The van der Waals surface area contributed by atoms with Crippen LogP contribution in [0.25, 0.3) is 0 Å². The van der Waals surface area contributed by atoms with Crippen LogP contribution in [0.4, 0.5) is 14.5 Å². The Morgan fingerprint density at radius 1 is 1.20 bits per heavy atom. The maximum absolute atomic E-state index is 13.3. The molecule has 0 aliphatic rings. The summed E-state index contributed by atoms with van der Waals surface area (Å²) in [4.78, 5) is 11.7. The molecule has 0 radical (unpaired) electrons. The van der Waals surface area contributed by atoms with Crippen molar-refractivity contribution in [2.45, 2.75) is 0 Å². The average Bonchev–Trinajstić information content (AvgIpc) is 2.40. The zero-order valence-corrected chi connectivity index (χ0v) is 11.8. The number of ether oxygens (including phenoxy) is 1. The van der Waals surface area contributed by atoms with Gasteiger partial charge in [0.2, 0.25) is 0 Å². The Balaban J connectivity index is 1.94. The van der Waals surface area contributed by atoms with E-state index < -0.39 is 17.5 Å². The Hall–Kier alpha value is -1.95. The van der Waals surface area contributed by atoms with Gasteiger partial charge in [-0.05, 0) is 40.2 Å². The molecule has 2 aromatic carbocycles. The Labute approximate surface area is 122 Å². The minimum atomic E-state index is -0.848. The minimum Gasteiger partial charge on any atom is -0.481 e. The maximum atomic E-state index is 13.3. The van der Waals surface area contributed by atoms with Crippen LogP contribution in [0.1, 0.15) is 0 Å². The lowest BCUT2D eigenvalue weighted by Gasteiger charge is -2.09. The number of nitrogens with one attached hydrogen (secondary N) is 1. The van der Waals surface area contributed by atoms with Crippen molar-refractivity contribution in [1.82, 2.24) is 0 Å². The minimum absolute atomic E-state index is 0.173. The van der Waals surface area contributed by atoms with E-state index in [1.807, 2.05) is 6.07 Å². The smallest absolute Gasteiger partial charge is 0.262 e. The highest BCUT2D eigenvalue weighted by Gasteiger charge is 2.09. The summed E-state index contributed by atoms with van der Waals surface area (Å²) >= 11 is 3.28. The summed E-state index contributed by atoms with van der Waals surface area (Å²) in [5, 5.41) is 2.60. The second-order valence-corrected chi connectivity index (χ2v) is 4.75. The van der Waals surface area contributed by atoms with Crippen molar-refractivity contribution in [3.05, 3.63) is 58.6 Å². The SMILES string of the molecule is O=C(COc1ccc(F)cc1F)Nc1ccccc1Br. The van der Waals surface area contributed by atoms with Crippen LogP contribution in [0, 0.1) is 11.6 Å². The molecule has 0 aromatic heterocycles. The summed E-state index contributed by atoms with van der Waals surface area (Å²) in [7, 11) is 0. The number of anilines is 1. The molecule has 0 aliphatic carbocycles. The molecule has 1 N–H and O–H groups in total. The predicted octanol–water partition coefficient (Wildman–Crippen LogP) is 3.74. The Morgan fingerprint density at radius 2 is 1.95 bits per heavy atom. The van der Waals surface area contributed by atoms with Crippen LogP contribution in [0.2, 0.25) is 0 Å². The summed E-state index contributed by atoms with van der Waals surface area (Å²) in [5.74, 6) is -2.17. The summed E-state index contributed by atoms with van der Waals surface area (Å²) in [6.45, 7) is -0.371. The van der Waals surface area contributed by atoms with E-state index in [0.717, 1.165) is 16.6 Å². The normalized spacial score (nSPS) is 10.2. The number of rotatable bonds is 4. The van der Waals surface area contributed by atoms with E-state index in [0.29, 0.717) is 11.8 Å². The molecule has 1 amide bonds. The number of amides is 1. The lowest BCUT2D eigenvalue weighted by molar-refractivity contribution is -0.118. The molecule has 0 aliphatic heterocycles. The fraction of sp³-hybridized carbons (Fsp3) is 0.0714. The molecule has 6 heteroatoms. The summed E-state index contributed by atoms with van der Waals surface area (Å²) in [6.07, 6.45) is 0. The Morgan fingerprint density at radius 3 is 2.65 bits per heavy atom. The third kappa shape index (κ3) is 3.77. The number of benzene rings is 2. The lowest BCUT2D eigenvalue weighted by Crippen LogP contribution is -2.20. The fourth-order valence-corrected chi connectivity index (χ4v) is 1.87. The highest BCUT2D eigenvalue weighted by Crippen LogP contribution is 2.21. The van der Waals surface area contributed by atoms with Gasteiger partial charge in [-0.25, -0.2) is 8.78 Å². The topological polar surface area (TPSA) is 38.3 Å². The van der Waals surface area contributed by atoms with E-state index >= 15 is 0 Å². The van der Waals surface area contributed by atoms with E-state index in [1.165, 1.54) is 0 Å². The average molecular weight is 342 g/mol. The largest absolute Gasteiger partial charge is 0.481 e. The summed E-state index contributed by atoms with van der Waals surface area (Å²) < 4.78 is 31.7. The van der Waals surface area contributed by atoms with Crippen molar-refractivity contribution < 1.29 is 18.3 Å². The monoisotopic (exact) mass is 341 g/mol. The molecule has 104 valence electrons. The van der Waals surface area contributed by atoms with Gasteiger partial charge in [-0.2, -0.15) is 0 Å². The van der Waals surface area contributed by atoms with E-state index in [9.17, 15) is 13.6 Å². The molecule has 2 rings (SSSR count). The van der Waals surface area contributed by atoms with Crippen LogP contribution < -0.4 is 10.1 Å². The molecule has 0 bridgehead atoms. The van der Waals surface area contributed by atoms with Crippen LogP contribution >= 0.6 is 15.9 Å². The van der Waals surface area contributed by atoms with Crippen LogP contribution in [0.5, 0.6) is 5.75 Å². The zero-order chi connectivity index (χ0) is 14.5. The molecule has 0 saturated carbocycles. The molecule has 0 atom stereocenters. The molecule has 2 aromatic rings. The van der Waals surface area contributed by atoms with E-state index in [4.69, 9.17) is 4.74 Å². The second-order valence-electron chi connectivity index (χ2n) is 3.89. The number of carbonyl (C=O) groups excluding carboxylic acids is 1. The molecular weight excluding hydrogens is 332 g/mol. The van der Waals surface area contributed by atoms with Gasteiger partial charge in [0.15, 0.2) is 18.2 Å². The standard InChI is InChI=1S/C14H10BrF2NO2/c15-10-3-1-2-4-12(10)18-14(19)8-20-13-6-5-9(16)7-11(13)17/h1-7H,8H2,(H,18,19). The Bertz CT molecular complexity index is 634. The molecule has 0 fully saturated rings. The van der Waals surface area contributed by atoms with Crippen molar-refractivity contribution in [2.75, 3.05) is 11.9 Å². The molecule has 0 spiro atoms. The van der Waals surface area contributed by atoms with Gasteiger partial charge in [0.25, 0.3) is 5.91 Å². The highest BCUT2D eigenvalue weighted by atomic mass is 79.9. The van der Waals surface area contributed by atoms with Crippen LogP contribution in [0.15, 0.2) is 46.9 Å². The third-order valence-corrected chi connectivity index (χ3v) is 3.09. The first-order chi connectivity index (χ1) is 9.56. The molecule has 0 unspecified atom stereocenters. The van der Waals surface area contributed by atoms with Gasteiger partial charge >= 0.3 is 0 Å². The van der Waals surface area contributed by atoms with Gasteiger partial charge in [-0.1, -0.05) is 12.1 Å². The van der Waals surface area contributed by atoms with E-state index in [-0.39, 0.29) is 12.4 Å². The summed E-state index contributed by atoms with van der Waals surface area (Å²) in [5.41, 5.74) is 0.584. The number of para-hydroxylation sites is 1. The quantitative estimate of drug-likeness (QED) is 0.919. The van der Waals surface area contributed by atoms with Crippen molar-refractivity contribution in [2.24, 2.45) is 0 Å². The maximum Gasteiger partial charge on any atom is 0.262 e. The zero-order valence-electron chi connectivity index (χ0n) is 10.2. The first-order valence-corrected chi connectivity index (χ1v) is 6.48. The van der Waals surface area contributed by atoms with Gasteiger partial charge in [0.05, 0.1) is 5.69 Å². The van der Waals surface area contributed by atoms with Crippen molar-refractivity contribution in [1.29, 1.82) is 0 Å². The van der Waals surface area contributed by atoms with Gasteiger partial charge in [0.1, 0.15) is 5.82 Å². The van der Waals surface area contributed by atoms with Crippen molar-refractivity contribution in [3.63, 3.8) is 0 Å². The fourth-order valence-electron chi connectivity index (χ4n) is 1.48. The number of hydrogen-bond donors (Lipinski definition) is 1. The number of carbonyl (C=O) groups is 1. The van der Waals surface area contributed by atoms with Crippen molar-refractivity contribution in [3.8, 4) is 5.75 Å². The number of halogens is 3. The first-order valence-electron chi connectivity index (χ1n) is 5.68. The van der Waals surface area contributed by atoms with Gasteiger partial charge in [-0.15, -0.1) is 0 Å². The molecule has 0 saturated heterocycles. The second kappa shape index (κ2) is 6.47. The summed E-state index contributed by atoms with van der Waals surface area (Å²) in [6, 6.07) is 9.95. The highest BCUT2D eigenvalue weighted by molar-refractivity contribution is 9.10. The third-order valence-electron chi connectivity index (χ3n) is 2.40. The number of hydrogen-bond acceptors (Lipinski definition) is 2.